The fourth-order valence-corrected chi connectivity index (χ4v) is 0.966. The van der Waals surface area contributed by atoms with Gasteiger partial charge in [-0.05, 0) is 18.6 Å². The van der Waals surface area contributed by atoms with Crippen molar-refractivity contribution in [2.75, 3.05) is 0 Å². The molecular weight excluding hydrogens is 162 g/mol. The molecule has 0 unspecified atom stereocenters. The Morgan fingerprint density at radius 3 is 2.82 bits per heavy atom. The van der Waals surface area contributed by atoms with Gasteiger partial charge in [0.2, 0.25) is 0 Å². The Balaban J connectivity index is 3.39. The Labute approximate surface area is 68.7 Å². The van der Waals surface area contributed by atoms with Gasteiger partial charge in [-0.1, -0.05) is 12.2 Å². The smallest absolute Gasteiger partial charge is 0.336 e. The molecule has 0 aliphatic carbocycles. The number of aromatic carboxylic acids is 1. The molecule has 3 nitrogen and oxygen atoms in total. The number of aromatic nitrogens is 1. The molecule has 0 atom stereocenters. The number of pyridine rings is 1. The van der Waals surface area contributed by atoms with Crippen LogP contribution in [0.5, 0.6) is 0 Å². The third-order valence-corrected chi connectivity index (χ3v) is 1.86. The van der Waals surface area contributed by atoms with Gasteiger partial charge in [0.1, 0.15) is 4.64 Å². The molecule has 0 aliphatic heterocycles. The second kappa shape index (κ2) is 2.84. The van der Waals surface area contributed by atoms with Crippen LogP contribution in [0.4, 0.5) is 0 Å². The first kappa shape index (κ1) is 7.94. The lowest BCUT2D eigenvalue weighted by Gasteiger charge is -1.97. The van der Waals surface area contributed by atoms with Crippen molar-refractivity contribution in [1.29, 1.82) is 0 Å². The summed E-state index contributed by atoms with van der Waals surface area (Å²) in [7, 11) is 0. The van der Waals surface area contributed by atoms with Crippen LogP contribution < -0.4 is 0 Å². The minimum Gasteiger partial charge on any atom is -0.478 e. The first-order valence-corrected chi connectivity index (χ1v) is 3.45. The molecule has 4 heteroatoms. The number of hydrogen-bond acceptors (Lipinski definition) is 2. The summed E-state index contributed by atoms with van der Waals surface area (Å²) in [6, 6.07) is 1.49. The summed E-state index contributed by atoms with van der Waals surface area (Å²) in [5.74, 6) is -0.942. The monoisotopic (exact) mass is 169 g/mol. The third kappa shape index (κ3) is 1.46. The van der Waals surface area contributed by atoms with E-state index in [9.17, 15) is 4.79 Å². The highest BCUT2D eigenvalue weighted by molar-refractivity contribution is 7.71. The van der Waals surface area contributed by atoms with E-state index in [-0.39, 0.29) is 5.56 Å². The van der Waals surface area contributed by atoms with E-state index in [1.165, 1.54) is 12.3 Å². The largest absolute Gasteiger partial charge is 0.478 e. The molecule has 2 N–H and O–H groups in total. The normalized spacial score (nSPS) is 9.55. The summed E-state index contributed by atoms with van der Waals surface area (Å²) in [5.41, 5.74) is 0.865. The number of carboxylic acid groups (broad SMARTS) is 1. The molecular formula is C7H7NO2S. The van der Waals surface area contributed by atoms with Crippen LogP contribution in [0.2, 0.25) is 0 Å². The third-order valence-electron chi connectivity index (χ3n) is 1.44. The highest BCUT2D eigenvalue weighted by atomic mass is 32.1. The molecule has 0 aromatic carbocycles. The maximum absolute atomic E-state index is 10.5. The van der Waals surface area contributed by atoms with E-state index >= 15 is 0 Å². The molecule has 0 amide bonds. The summed E-state index contributed by atoms with van der Waals surface area (Å²) in [4.78, 5) is 13.3. The Hall–Kier alpha value is -1.16. The molecule has 1 heterocycles. The van der Waals surface area contributed by atoms with Crippen molar-refractivity contribution in [3.8, 4) is 0 Å². The topological polar surface area (TPSA) is 53.1 Å². The summed E-state index contributed by atoms with van der Waals surface area (Å²) in [5, 5.41) is 8.63. The van der Waals surface area contributed by atoms with Gasteiger partial charge in [0.15, 0.2) is 0 Å². The number of rotatable bonds is 1. The lowest BCUT2D eigenvalue weighted by molar-refractivity contribution is 0.0696. The Morgan fingerprint density at radius 2 is 2.36 bits per heavy atom. The zero-order chi connectivity index (χ0) is 8.43. The Kier molecular flexibility index (Phi) is 2.05. The van der Waals surface area contributed by atoms with Crippen molar-refractivity contribution in [2.45, 2.75) is 6.92 Å². The van der Waals surface area contributed by atoms with Crippen LogP contribution in [0.1, 0.15) is 15.9 Å². The molecule has 0 bridgehead atoms. The predicted octanol–water partition coefficient (Wildman–Crippen LogP) is 1.75. The van der Waals surface area contributed by atoms with Crippen LogP contribution in [0.25, 0.3) is 0 Å². The van der Waals surface area contributed by atoms with E-state index in [1.807, 2.05) is 0 Å². The van der Waals surface area contributed by atoms with E-state index in [2.05, 4.69) is 4.98 Å². The van der Waals surface area contributed by atoms with Gasteiger partial charge in [0, 0.05) is 6.20 Å². The predicted molar refractivity (Wildman–Crippen MR) is 43.3 cm³/mol. The maximum Gasteiger partial charge on any atom is 0.336 e. The van der Waals surface area contributed by atoms with Crippen molar-refractivity contribution in [2.24, 2.45) is 0 Å². The van der Waals surface area contributed by atoms with Gasteiger partial charge in [-0.3, -0.25) is 0 Å². The maximum atomic E-state index is 10.5. The Bertz CT molecular complexity index is 343. The molecule has 58 valence electrons. The summed E-state index contributed by atoms with van der Waals surface area (Å²) < 4.78 is 0.477. The molecule has 0 radical (unpaired) electrons. The van der Waals surface area contributed by atoms with E-state index in [0.29, 0.717) is 10.2 Å². The zero-order valence-electron chi connectivity index (χ0n) is 5.92. The molecule has 0 fully saturated rings. The number of nitrogens with one attached hydrogen (secondary N) is 1. The Morgan fingerprint density at radius 1 is 1.73 bits per heavy atom. The fraction of sp³-hybridized carbons (Fsp3) is 0.143. The summed E-state index contributed by atoms with van der Waals surface area (Å²) >= 11 is 4.84. The van der Waals surface area contributed by atoms with Crippen LogP contribution in [0.3, 0.4) is 0 Å². The minimum absolute atomic E-state index is 0.258. The molecule has 0 saturated heterocycles. The van der Waals surface area contributed by atoms with Gasteiger partial charge < -0.3 is 10.1 Å². The summed E-state index contributed by atoms with van der Waals surface area (Å²) in [6.45, 7) is 1.68. The highest BCUT2D eigenvalue weighted by Gasteiger charge is 2.05. The lowest BCUT2D eigenvalue weighted by atomic mass is 10.2. The number of carboxylic acids is 1. The summed E-state index contributed by atoms with van der Waals surface area (Å²) in [6.07, 6.45) is 1.53. The fourth-order valence-electron chi connectivity index (χ4n) is 0.788. The quantitative estimate of drug-likeness (QED) is 0.630. The molecule has 11 heavy (non-hydrogen) atoms. The van der Waals surface area contributed by atoms with Crippen molar-refractivity contribution < 1.29 is 9.90 Å². The van der Waals surface area contributed by atoms with Crippen molar-refractivity contribution in [3.05, 3.63) is 28.0 Å². The van der Waals surface area contributed by atoms with Crippen LogP contribution in [0, 0.1) is 11.6 Å². The number of hydrogen-bond donors (Lipinski definition) is 2. The van der Waals surface area contributed by atoms with Crippen LogP contribution in [-0.4, -0.2) is 16.1 Å². The second-order valence-electron chi connectivity index (χ2n) is 2.15. The average Bonchev–Trinajstić information content (AvgIpc) is 1.94. The van der Waals surface area contributed by atoms with Crippen LogP contribution in [-0.2, 0) is 0 Å². The van der Waals surface area contributed by atoms with Gasteiger partial charge in [-0.15, -0.1) is 0 Å². The highest BCUT2D eigenvalue weighted by Crippen LogP contribution is 2.06. The first-order valence-electron chi connectivity index (χ1n) is 3.04. The molecule has 1 rings (SSSR count). The number of carbonyl (C=O) groups is 1. The van der Waals surface area contributed by atoms with Gasteiger partial charge in [0.05, 0.1) is 5.56 Å². The minimum atomic E-state index is -0.942. The molecule has 1 aromatic rings. The van der Waals surface area contributed by atoms with Gasteiger partial charge in [-0.25, -0.2) is 4.79 Å². The van der Waals surface area contributed by atoms with Crippen molar-refractivity contribution in [1.82, 2.24) is 4.98 Å². The lowest BCUT2D eigenvalue weighted by Crippen LogP contribution is -2.00. The second-order valence-corrected chi connectivity index (χ2v) is 2.56. The molecule has 0 aliphatic rings. The van der Waals surface area contributed by atoms with Gasteiger partial charge in [0.25, 0.3) is 0 Å². The van der Waals surface area contributed by atoms with E-state index < -0.39 is 5.97 Å². The van der Waals surface area contributed by atoms with Crippen molar-refractivity contribution >= 4 is 18.2 Å². The van der Waals surface area contributed by atoms with Crippen LogP contribution in [0.15, 0.2) is 12.3 Å². The van der Waals surface area contributed by atoms with Gasteiger partial charge >= 0.3 is 5.97 Å². The zero-order valence-corrected chi connectivity index (χ0v) is 6.73. The van der Waals surface area contributed by atoms with Gasteiger partial charge in [-0.2, -0.15) is 0 Å². The first-order chi connectivity index (χ1) is 5.13. The van der Waals surface area contributed by atoms with Crippen molar-refractivity contribution in [3.63, 3.8) is 0 Å². The van der Waals surface area contributed by atoms with E-state index in [4.69, 9.17) is 17.3 Å². The average molecular weight is 169 g/mol. The SMILES string of the molecule is Cc1c(C(=O)O)cc[nH]c1=S. The number of H-pyrrole nitrogens is 1. The standard InChI is InChI=1S/C7H7NO2S/c1-4-5(7(9)10)2-3-8-6(4)11/h2-3H,1H3,(H,8,11)(H,9,10). The number of aromatic amines is 1. The van der Waals surface area contributed by atoms with E-state index in [1.54, 1.807) is 6.92 Å². The molecule has 0 spiro atoms. The molecule has 0 saturated carbocycles. The van der Waals surface area contributed by atoms with Crippen LogP contribution >= 0.6 is 12.2 Å². The van der Waals surface area contributed by atoms with E-state index in [0.717, 1.165) is 0 Å². The molecule has 1 aromatic heterocycles.